The van der Waals surface area contributed by atoms with Crippen LogP contribution in [0.15, 0.2) is 17.5 Å². The molecule has 1 aromatic rings. The van der Waals surface area contributed by atoms with E-state index in [1.54, 1.807) is 0 Å². The molecule has 114 valence electrons. The molecule has 1 N–H and O–H groups in total. The second-order valence-corrected chi connectivity index (χ2v) is 7.62. The molecule has 0 spiro atoms. The van der Waals surface area contributed by atoms with Crippen molar-refractivity contribution in [3.05, 3.63) is 22.4 Å². The average molecular weight is 295 g/mol. The quantitative estimate of drug-likeness (QED) is 0.841. The van der Waals surface area contributed by atoms with Gasteiger partial charge in [-0.3, -0.25) is 4.90 Å². The number of nitrogens with one attached hydrogen (secondary N) is 1. The summed E-state index contributed by atoms with van der Waals surface area (Å²) in [4.78, 5) is 4.23. The highest BCUT2D eigenvalue weighted by Crippen LogP contribution is 2.33. The summed E-state index contributed by atoms with van der Waals surface area (Å²) in [7, 11) is 0. The highest BCUT2D eigenvalue weighted by molar-refractivity contribution is 7.10. The molecule has 1 aliphatic rings. The molecule has 0 saturated carbocycles. The van der Waals surface area contributed by atoms with E-state index in [2.05, 4.69) is 55.4 Å². The first-order chi connectivity index (χ1) is 9.59. The van der Waals surface area contributed by atoms with Gasteiger partial charge in [0.25, 0.3) is 0 Å². The maximum absolute atomic E-state index is 3.71. The van der Waals surface area contributed by atoms with Gasteiger partial charge in [0.05, 0.1) is 0 Å². The molecule has 2 nitrogen and oxygen atoms in total. The fourth-order valence-corrected chi connectivity index (χ4v) is 4.33. The summed E-state index contributed by atoms with van der Waals surface area (Å²) in [5.74, 6) is 0.652. The molecule has 1 aliphatic heterocycles. The minimum atomic E-state index is 0.554. The molecular formula is C17H30N2S. The molecule has 2 unspecified atom stereocenters. The van der Waals surface area contributed by atoms with Crippen LogP contribution in [0.4, 0.5) is 0 Å². The molecule has 0 aromatic carbocycles. The molecule has 0 radical (unpaired) electrons. The van der Waals surface area contributed by atoms with E-state index in [1.165, 1.54) is 37.2 Å². The number of piperidine rings is 1. The lowest BCUT2D eigenvalue weighted by molar-refractivity contribution is 0.101. The summed E-state index contributed by atoms with van der Waals surface area (Å²) in [5, 5.41) is 5.92. The van der Waals surface area contributed by atoms with Crippen LogP contribution in [0.3, 0.4) is 0 Å². The third-order valence-corrected chi connectivity index (χ3v) is 5.27. The van der Waals surface area contributed by atoms with Gasteiger partial charge < -0.3 is 5.32 Å². The van der Waals surface area contributed by atoms with Gasteiger partial charge in [0.15, 0.2) is 0 Å². The lowest BCUT2D eigenvalue weighted by Crippen LogP contribution is -2.48. The summed E-state index contributed by atoms with van der Waals surface area (Å²) in [5.41, 5.74) is 0. The molecule has 0 bridgehead atoms. The van der Waals surface area contributed by atoms with Crippen molar-refractivity contribution < 1.29 is 0 Å². The lowest BCUT2D eigenvalue weighted by atomic mass is 9.97. The van der Waals surface area contributed by atoms with Crippen molar-refractivity contribution in [2.75, 3.05) is 13.1 Å². The van der Waals surface area contributed by atoms with E-state index in [0.29, 0.717) is 24.0 Å². The zero-order valence-corrected chi connectivity index (χ0v) is 14.2. The van der Waals surface area contributed by atoms with Crippen molar-refractivity contribution in [2.45, 2.75) is 65.1 Å². The molecule has 1 aromatic heterocycles. The van der Waals surface area contributed by atoms with E-state index in [9.17, 15) is 0 Å². The van der Waals surface area contributed by atoms with Gasteiger partial charge in [0, 0.05) is 29.5 Å². The largest absolute Gasteiger partial charge is 0.313 e. The van der Waals surface area contributed by atoms with Gasteiger partial charge >= 0.3 is 0 Å². The van der Waals surface area contributed by atoms with E-state index in [1.807, 2.05) is 11.3 Å². The van der Waals surface area contributed by atoms with Crippen LogP contribution in [-0.2, 0) is 0 Å². The van der Waals surface area contributed by atoms with Crippen LogP contribution in [0.5, 0.6) is 0 Å². The summed E-state index contributed by atoms with van der Waals surface area (Å²) in [6.45, 7) is 11.8. The van der Waals surface area contributed by atoms with Gasteiger partial charge in [-0.2, -0.15) is 0 Å². The Morgan fingerprint density at radius 2 is 2.10 bits per heavy atom. The number of nitrogens with zero attached hydrogens (tertiary/aromatic N) is 1. The molecule has 0 aliphatic carbocycles. The Morgan fingerprint density at radius 1 is 1.30 bits per heavy atom. The first-order valence-corrected chi connectivity index (χ1v) is 9.00. The Hall–Kier alpha value is -0.380. The summed E-state index contributed by atoms with van der Waals surface area (Å²) in [6, 6.07) is 6.31. The van der Waals surface area contributed by atoms with E-state index in [-0.39, 0.29) is 0 Å². The Morgan fingerprint density at radius 3 is 2.60 bits per heavy atom. The van der Waals surface area contributed by atoms with Crippen LogP contribution in [0, 0.1) is 5.92 Å². The molecule has 0 amide bonds. The molecule has 1 saturated heterocycles. The van der Waals surface area contributed by atoms with Gasteiger partial charge in [-0.1, -0.05) is 26.3 Å². The Labute approximate surface area is 128 Å². The molecule has 3 heteroatoms. The van der Waals surface area contributed by atoms with E-state index < -0.39 is 0 Å². The predicted molar refractivity (Wildman–Crippen MR) is 89.4 cm³/mol. The highest BCUT2D eigenvalue weighted by atomic mass is 32.1. The van der Waals surface area contributed by atoms with Gasteiger partial charge in [-0.15, -0.1) is 11.3 Å². The first kappa shape index (κ1) is 16.0. The Kier molecular flexibility index (Phi) is 6.06. The van der Waals surface area contributed by atoms with Crippen LogP contribution in [0.1, 0.15) is 57.9 Å². The number of hydrogen-bond acceptors (Lipinski definition) is 3. The van der Waals surface area contributed by atoms with Crippen molar-refractivity contribution >= 4 is 11.3 Å². The smallest absolute Gasteiger partial charge is 0.0467 e. The van der Waals surface area contributed by atoms with Gasteiger partial charge in [-0.25, -0.2) is 0 Å². The number of hydrogen-bond donors (Lipinski definition) is 1. The standard InChI is InChI=1S/C17H30N2S/c1-13(2)17(16-9-7-11-20-16)19(14(3)4)12-15-8-5-6-10-18-15/h7,9,11,13-15,17-18H,5-6,8,10,12H2,1-4H3. The van der Waals surface area contributed by atoms with E-state index in [0.717, 1.165) is 0 Å². The van der Waals surface area contributed by atoms with Crippen molar-refractivity contribution in [3.8, 4) is 0 Å². The molecular weight excluding hydrogens is 264 g/mol. The third-order valence-electron chi connectivity index (χ3n) is 4.33. The van der Waals surface area contributed by atoms with Crippen molar-refractivity contribution in [1.82, 2.24) is 10.2 Å². The first-order valence-electron chi connectivity index (χ1n) is 8.12. The molecule has 2 heterocycles. The lowest BCUT2D eigenvalue weighted by Gasteiger charge is -2.40. The van der Waals surface area contributed by atoms with Gasteiger partial charge in [-0.05, 0) is 50.6 Å². The third kappa shape index (κ3) is 4.06. The minimum Gasteiger partial charge on any atom is -0.313 e. The van der Waals surface area contributed by atoms with Crippen LogP contribution in [0.2, 0.25) is 0 Å². The fraction of sp³-hybridized carbons (Fsp3) is 0.765. The summed E-state index contributed by atoms with van der Waals surface area (Å²) >= 11 is 1.91. The number of thiophene rings is 1. The average Bonchev–Trinajstić information content (AvgIpc) is 2.92. The van der Waals surface area contributed by atoms with Gasteiger partial charge in [0.2, 0.25) is 0 Å². The predicted octanol–water partition coefficient (Wildman–Crippen LogP) is 4.30. The normalized spacial score (nSPS) is 21.9. The maximum Gasteiger partial charge on any atom is 0.0467 e. The Balaban J connectivity index is 2.12. The SMILES string of the molecule is CC(C)C(c1cccs1)N(CC1CCCCN1)C(C)C. The zero-order chi connectivity index (χ0) is 14.5. The highest BCUT2D eigenvalue weighted by Gasteiger charge is 2.29. The summed E-state index contributed by atoms with van der Waals surface area (Å²) < 4.78 is 0. The number of rotatable bonds is 6. The van der Waals surface area contributed by atoms with Crippen molar-refractivity contribution in [1.29, 1.82) is 0 Å². The molecule has 2 atom stereocenters. The van der Waals surface area contributed by atoms with Crippen molar-refractivity contribution in [2.24, 2.45) is 5.92 Å². The van der Waals surface area contributed by atoms with E-state index in [4.69, 9.17) is 0 Å². The van der Waals surface area contributed by atoms with E-state index >= 15 is 0 Å². The van der Waals surface area contributed by atoms with Crippen molar-refractivity contribution in [3.63, 3.8) is 0 Å². The minimum absolute atomic E-state index is 0.554. The van der Waals surface area contributed by atoms with Gasteiger partial charge in [0.1, 0.15) is 0 Å². The second-order valence-electron chi connectivity index (χ2n) is 6.64. The van der Waals surface area contributed by atoms with Crippen LogP contribution in [-0.4, -0.2) is 30.1 Å². The van der Waals surface area contributed by atoms with Crippen LogP contribution in [0.25, 0.3) is 0 Å². The van der Waals surface area contributed by atoms with Crippen LogP contribution < -0.4 is 5.32 Å². The molecule has 20 heavy (non-hydrogen) atoms. The molecule has 2 rings (SSSR count). The monoisotopic (exact) mass is 294 g/mol. The molecule has 1 fully saturated rings. The van der Waals surface area contributed by atoms with Crippen LogP contribution >= 0.6 is 11.3 Å². The fourth-order valence-electron chi connectivity index (χ4n) is 3.31. The summed E-state index contributed by atoms with van der Waals surface area (Å²) in [6.07, 6.45) is 4.06. The zero-order valence-electron chi connectivity index (χ0n) is 13.4. The second kappa shape index (κ2) is 7.58. The topological polar surface area (TPSA) is 15.3 Å². The Bertz CT molecular complexity index is 366. The maximum atomic E-state index is 3.71.